The van der Waals surface area contributed by atoms with Crippen LogP contribution in [0.1, 0.15) is 42.1 Å². The van der Waals surface area contributed by atoms with Crippen LogP contribution in [0.5, 0.6) is 5.75 Å². The smallest absolute Gasteiger partial charge is 0.480 e. The topological polar surface area (TPSA) is 105 Å². The fourth-order valence-corrected chi connectivity index (χ4v) is 3.35. The summed E-state index contributed by atoms with van der Waals surface area (Å²) in [5, 5.41) is 14.2. The van der Waals surface area contributed by atoms with Crippen molar-refractivity contribution in [1.29, 1.82) is 0 Å². The first kappa shape index (κ1) is 26.1. The number of carbonyl (C=O) groups excluding carboxylic acids is 2. The summed E-state index contributed by atoms with van der Waals surface area (Å²) in [5.41, 5.74) is 0.319. The summed E-state index contributed by atoms with van der Waals surface area (Å²) in [5.74, 6) is -2.57. The Hall–Kier alpha value is -2.92. The molecule has 0 spiro atoms. The van der Waals surface area contributed by atoms with Crippen molar-refractivity contribution in [2.75, 3.05) is 11.9 Å². The monoisotopic (exact) mass is 460 g/mol. The van der Waals surface area contributed by atoms with Gasteiger partial charge in [0.25, 0.3) is 0 Å². The molecular formula is C20H23F3N2O5S. The standard InChI is InChI=1S/C19H19F3N2O5S.CH4/c1-3-13-8-14(17(30-13)24-15(25)9-23-10(2)18(27)28)16(26)11-4-6-12(7-5-11)29-19(20,21)22;/h4-8,10,23H,3,9H2,1-2H3,(H,24,25)(H,27,28);1H4/t10-;/m0./s1. The first-order valence-electron chi connectivity index (χ1n) is 8.79. The molecule has 0 saturated heterocycles. The van der Waals surface area contributed by atoms with E-state index in [1.165, 1.54) is 30.4 Å². The third-order valence-corrected chi connectivity index (χ3v) is 5.11. The third-order valence-electron chi connectivity index (χ3n) is 3.92. The number of anilines is 1. The molecule has 2 rings (SSSR count). The van der Waals surface area contributed by atoms with Gasteiger partial charge in [-0.25, -0.2) is 0 Å². The molecule has 0 fully saturated rings. The lowest BCUT2D eigenvalue weighted by Crippen LogP contribution is -2.39. The molecule has 1 aromatic heterocycles. The SMILES string of the molecule is C.CCc1cc(C(=O)c2ccc(OC(F)(F)F)cc2)c(NC(=O)CN[C@@H](C)C(=O)O)s1. The second-order valence-corrected chi connectivity index (χ2v) is 7.34. The molecule has 0 radical (unpaired) electrons. The number of carboxylic acid groups (broad SMARTS) is 1. The zero-order valence-corrected chi connectivity index (χ0v) is 16.8. The first-order valence-corrected chi connectivity index (χ1v) is 9.61. The summed E-state index contributed by atoms with van der Waals surface area (Å²) in [4.78, 5) is 36.6. The van der Waals surface area contributed by atoms with Gasteiger partial charge in [-0.1, -0.05) is 14.4 Å². The van der Waals surface area contributed by atoms with Crippen molar-refractivity contribution in [3.8, 4) is 5.75 Å². The number of halogens is 3. The third kappa shape index (κ3) is 7.68. The van der Waals surface area contributed by atoms with Crippen LogP contribution >= 0.6 is 11.3 Å². The van der Waals surface area contributed by atoms with Crippen LogP contribution in [0.15, 0.2) is 30.3 Å². The number of hydrogen-bond acceptors (Lipinski definition) is 6. The Morgan fingerprint density at radius 1 is 1.19 bits per heavy atom. The number of aryl methyl sites for hydroxylation is 1. The van der Waals surface area contributed by atoms with E-state index in [0.29, 0.717) is 6.42 Å². The maximum Gasteiger partial charge on any atom is 0.573 e. The molecule has 2 aromatic rings. The number of carbonyl (C=O) groups is 3. The molecule has 11 heteroatoms. The van der Waals surface area contributed by atoms with Crippen LogP contribution in [-0.4, -0.2) is 41.7 Å². The number of alkyl halides is 3. The molecule has 0 aliphatic rings. The van der Waals surface area contributed by atoms with Crippen molar-refractivity contribution in [1.82, 2.24) is 5.32 Å². The van der Waals surface area contributed by atoms with Crippen LogP contribution in [0.3, 0.4) is 0 Å². The van der Waals surface area contributed by atoms with Crippen molar-refractivity contribution < 1.29 is 37.4 Å². The van der Waals surface area contributed by atoms with Gasteiger partial charge in [-0.2, -0.15) is 0 Å². The largest absolute Gasteiger partial charge is 0.573 e. The van der Waals surface area contributed by atoms with Gasteiger partial charge in [-0.15, -0.1) is 24.5 Å². The van der Waals surface area contributed by atoms with Crippen LogP contribution in [0.4, 0.5) is 18.2 Å². The molecule has 3 N–H and O–H groups in total. The average Bonchev–Trinajstić information content (AvgIpc) is 3.07. The molecule has 0 bridgehead atoms. The zero-order chi connectivity index (χ0) is 22.5. The Balaban J connectivity index is 0.00000480. The highest BCUT2D eigenvalue weighted by Gasteiger charge is 2.31. The number of thiophene rings is 1. The van der Waals surface area contributed by atoms with Gasteiger partial charge in [-0.3, -0.25) is 19.7 Å². The quantitative estimate of drug-likeness (QED) is 0.487. The van der Waals surface area contributed by atoms with E-state index in [0.717, 1.165) is 17.0 Å². The van der Waals surface area contributed by atoms with E-state index >= 15 is 0 Å². The van der Waals surface area contributed by atoms with E-state index in [4.69, 9.17) is 5.11 Å². The highest BCUT2D eigenvalue weighted by Crippen LogP contribution is 2.31. The lowest BCUT2D eigenvalue weighted by Gasteiger charge is -2.10. The van der Waals surface area contributed by atoms with Crippen LogP contribution in [-0.2, 0) is 16.0 Å². The molecular weight excluding hydrogens is 437 g/mol. The van der Waals surface area contributed by atoms with E-state index in [1.807, 2.05) is 6.92 Å². The van der Waals surface area contributed by atoms with E-state index in [1.54, 1.807) is 6.07 Å². The minimum absolute atomic E-state index is 0. The summed E-state index contributed by atoms with van der Waals surface area (Å²) in [6, 6.07) is 5.15. The van der Waals surface area contributed by atoms with Crippen molar-refractivity contribution in [2.24, 2.45) is 0 Å². The van der Waals surface area contributed by atoms with E-state index in [9.17, 15) is 27.6 Å². The number of aliphatic carboxylic acids is 1. The number of benzene rings is 1. The van der Waals surface area contributed by atoms with Gasteiger partial charge in [0.15, 0.2) is 5.78 Å². The molecule has 1 aromatic carbocycles. The lowest BCUT2D eigenvalue weighted by molar-refractivity contribution is -0.274. The van der Waals surface area contributed by atoms with Gasteiger partial charge >= 0.3 is 12.3 Å². The highest BCUT2D eigenvalue weighted by molar-refractivity contribution is 7.16. The average molecular weight is 460 g/mol. The molecule has 0 aliphatic carbocycles. The maximum atomic E-state index is 12.8. The van der Waals surface area contributed by atoms with Gasteiger partial charge < -0.3 is 15.2 Å². The summed E-state index contributed by atoms with van der Waals surface area (Å²) in [6.45, 7) is 2.98. The maximum absolute atomic E-state index is 12.8. The fourth-order valence-electron chi connectivity index (χ4n) is 2.35. The predicted molar refractivity (Wildman–Crippen MR) is 111 cm³/mol. The Bertz CT molecular complexity index is 926. The predicted octanol–water partition coefficient (Wildman–Crippen LogP) is 4.08. The number of hydrogen-bond donors (Lipinski definition) is 3. The van der Waals surface area contributed by atoms with Crippen molar-refractivity contribution in [2.45, 2.75) is 40.1 Å². The molecule has 31 heavy (non-hydrogen) atoms. The van der Waals surface area contributed by atoms with Gasteiger partial charge in [0.05, 0.1) is 12.1 Å². The summed E-state index contributed by atoms with van der Waals surface area (Å²) in [6.07, 6.45) is -4.23. The summed E-state index contributed by atoms with van der Waals surface area (Å²) >= 11 is 1.19. The Kier molecular flexibility index (Phi) is 9.19. The van der Waals surface area contributed by atoms with Crippen molar-refractivity contribution >= 4 is 34.0 Å². The number of rotatable bonds is 9. The summed E-state index contributed by atoms with van der Waals surface area (Å²) < 4.78 is 40.6. The molecule has 1 heterocycles. The molecule has 0 saturated carbocycles. The van der Waals surface area contributed by atoms with Gasteiger partial charge in [0.2, 0.25) is 5.91 Å². The van der Waals surface area contributed by atoms with Gasteiger partial charge in [0.1, 0.15) is 16.8 Å². The lowest BCUT2D eigenvalue weighted by atomic mass is 10.0. The van der Waals surface area contributed by atoms with Gasteiger partial charge in [0, 0.05) is 10.4 Å². The Morgan fingerprint density at radius 2 is 1.81 bits per heavy atom. The van der Waals surface area contributed by atoms with Crippen LogP contribution in [0.2, 0.25) is 0 Å². The normalized spacial score (nSPS) is 11.9. The second-order valence-electron chi connectivity index (χ2n) is 6.20. The van der Waals surface area contributed by atoms with E-state index in [-0.39, 0.29) is 30.1 Å². The molecule has 1 atom stereocenters. The van der Waals surface area contributed by atoms with Crippen LogP contribution in [0.25, 0.3) is 0 Å². The second kappa shape index (κ2) is 10.9. The zero-order valence-electron chi connectivity index (χ0n) is 16.0. The first-order chi connectivity index (χ1) is 14.0. The molecule has 170 valence electrons. The number of ether oxygens (including phenoxy) is 1. The van der Waals surface area contributed by atoms with Crippen LogP contribution < -0.4 is 15.4 Å². The van der Waals surface area contributed by atoms with E-state index < -0.39 is 35.8 Å². The number of ketones is 1. The highest BCUT2D eigenvalue weighted by atomic mass is 32.1. The molecule has 7 nitrogen and oxygen atoms in total. The fraction of sp³-hybridized carbons (Fsp3) is 0.350. The minimum Gasteiger partial charge on any atom is -0.480 e. The van der Waals surface area contributed by atoms with Crippen LogP contribution in [0, 0.1) is 0 Å². The Labute approximate surface area is 181 Å². The number of amides is 1. The Morgan fingerprint density at radius 3 is 2.32 bits per heavy atom. The molecule has 0 aliphatic heterocycles. The minimum atomic E-state index is -4.83. The van der Waals surface area contributed by atoms with E-state index in [2.05, 4.69) is 15.4 Å². The van der Waals surface area contributed by atoms with Crippen molar-refractivity contribution in [3.05, 3.63) is 46.3 Å². The summed E-state index contributed by atoms with van der Waals surface area (Å²) in [7, 11) is 0. The molecule has 1 amide bonds. The molecule has 0 unspecified atom stereocenters. The van der Waals surface area contributed by atoms with Crippen molar-refractivity contribution in [3.63, 3.8) is 0 Å². The number of carboxylic acids is 1. The van der Waals surface area contributed by atoms with Gasteiger partial charge in [-0.05, 0) is 43.7 Å². The number of nitrogens with one attached hydrogen (secondary N) is 2.